The largest absolute Gasteiger partial charge is 0.489 e. The molecule has 3 aromatic rings. The van der Waals surface area contributed by atoms with Gasteiger partial charge in [0.25, 0.3) is 0 Å². The molecule has 3 rings (SSSR count). The molecule has 2 nitrogen and oxygen atoms in total. The number of nitrogens with one attached hydrogen (secondary N) is 1. The summed E-state index contributed by atoms with van der Waals surface area (Å²) in [5.74, 6) is 0.935. The second-order valence-electron chi connectivity index (χ2n) is 6.37. The van der Waals surface area contributed by atoms with Gasteiger partial charge >= 0.3 is 0 Å². The maximum atomic E-state index is 6.15. The molecule has 0 heterocycles. The summed E-state index contributed by atoms with van der Waals surface area (Å²) in [7, 11) is 0. The second-order valence-corrected chi connectivity index (χ2v) is 6.81. The molecule has 0 fully saturated rings. The van der Waals surface area contributed by atoms with E-state index in [9.17, 15) is 0 Å². The Kier molecular flexibility index (Phi) is 5.95. The molecule has 0 radical (unpaired) electrons. The third-order valence-electron chi connectivity index (χ3n) is 4.54. The summed E-state index contributed by atoms with van der Waals surface area (Å²) in [4.78, 5) is 0. The van der Waals surface area contributed by atoms with E-state index < -0.39 is 0 Å². The lowest BCUT2D eigenvalue weighted by Crippen LogP contribution is -2.24. The van der Waals surface area contributed by atoms with Crippen molar-refractivity contribution in [1.82, 2.24) is 5.32 Å². The van der Waals surface area contributed by atoms with Gasteiger partial charge in [0.05, 0.1) is 0 Å². The molecule has 0 aromatic heterocycles. The van der Waals surface area contributed by atoms with Gasteiger partial charge in [-0.15, -0.1) is 0 Å². The van der Waals surface area contributed by atoms with Crippen LogP contribution in [-0.2, 0) is 13.2 Å². The third-order valence-corrected chi connectivity index (χ3v) is 4.80. The zero-order valence-corrected chi connectivity index (χ0v) is 15.5. The average molecular weight is 354 g/mol. The van der Waals surface area contributed by atoms with E-state index in [0.29, 0.717) is 12.6 Å². The molecular formula is C22H24ClNO. The Morgan fingerprint density at radius 2 is 1.76 bits per heavy atom. The maximum Gasteiger partial charge on any atom is 0.124 e. The monoisotopic (exact) mass is 353 g/mol. The van der Waals surface area contributed by atoms with E-state index in [1.54, 1.807) is 0 Å². The molecule has 0 aliphatic heterocycles. The van der Waals surface area contributed by atoms with Gasteiger partial charge in [0.1, 0.15) is 12.4 Å². The SMILES string of the molecule is CC[C@@H](C)NCc1c(OCc2ccc(Cl)cc2)ccc2ccccc12. The van der Waals surface area contributed by atoms with Crippen LogP contribution in [0.2, 0.25) is 5.02 Å². The molecular weight excluding hydrogens is 330 g/mol. The summed E-state index contributed by atoms with van der Waals surface area (Å²) >= 11 is 5.95. The predicted molar refractivity (Wildman–Crippen MR) is 106 cm³/mol. The Bertz CT molecular complexity index is 829. The fraction of sp³-hybridized carbons (Fsp3) is 0.273. The normalized spacial score (nSPS) is 12.3. The van der Waals surface area contributed by atoms with Gasteiger partial charge in [-0.3, -0.25) is 0 Å². The van der Waals surface area contributed by atoms with Crippen LogP contribution in [0.1, 0.15) is 31.4 Å². The molecule has 0 unspecified atom stereocenters. The Morgan fingerprint density at radius 1 is 1.00 bits per heavy atom. The number of benzene rings is 3. The molecule has 0 saturated heterocycles. The average Bonchev–Trinajstić information content (AvgIpc) is 2.65. The van der Waals surface area contributed by atoms with Crippen LogP contribution < -0.4 is 10.1 Å². The molecule has 3 heteroatoms. The fourth-order valence-corrected chi connectivity index (χ4v) is 2.92. The highest BCUT2D eigenvalue weighted by Crippen LogP contribution is 2.29. The topological polar surface area (TPSA) is 21.3 Å². The van der Waals surface area contributed by atoms with Crippen molar-refractivity contribution in [3.8, 4) is 5.75 Å². The van der Waals surface area contributed by atoms with Gasteiger partial charge < -0.3 is 10.1 Å². The summed E-state index contributed by atoms with van der Waals surface area (Å²) < 4.78 is 6.15. The Morgan fingerprint density at radius 3 is 2.52 bits per heavy atom. The predicted octanol–water partition coefficient (Wildman–Crippen LogP) is 5.96. The van der Waals surface area contributed by atoms with Crippen molar-refractivity contribution in [2.24, 2.45) is 0 Å². The minimum atomic E-state index is 0.475. The van der Waals surface area contributed by atoms with Crippen molar-refractivity contribution in [2.45, 2.75) is 39.5 Å². The van der Waals surface area contributed by atoms with Crippen molar-refractivity contribution in [1.29, 1.82) is 0 Å². The molecule has 130 valence electrons. The number of fused-ring (bicyclic) bond motifs is 1. The molecule has 0 aliphatic rings. The number of hydrogen-bond donors (Lipinski definition) is 1. The molecule has 3 aromatic carbocycles. The second kappa shape index (κ2) is 8.37. The molecule has 1 atom stereocenters. The lowest BCUT2D eigenvalue weighted by Gasteiger charge is -2.17. The number of ether oxygens (including phenoxy) is 1. The van der Waals surface area contributed by atoms with Crippen molar-refractivity contribution < 1.29 is 4.74 Å². The summed E-state index contributed by atoms with van der Waals surface area (Å²) in [5.41, 5.74) is 2.32. The highest BCUT2D eigenvalue weighted by molar-refractivity contribution is 6.30. The summed E-state index contributed by atoms with van der Waals surface area (Å²) in [5, 5.41) is 6.81. The van der Waals surface area contributed by atoms with Gasteiger partial charge in [0, 0.05) is 23.2 Å². The van der Waals surface area contributed by atoms with E-state index in [1.165, 1.54) is 16.3 Å². The van der Waals surface area contributed by atoms with Crippen LogP contribution in [0.4, 0.5) is 0 Å². The van der Waals surface area contributed by atoms with Crippen molar-refractivity contribution in [3.05, 3.63) is 76.8 Å². The van der Waals surface area contributed by atoms with E-state index in [0.717, 1.165) is 29.3 Å². The number of rotatable bonds is 7. The first-order valence-corrected chi connectivity index (χ1v) is 9.16. The van der Waals surface area contributed by atoms with Crippen LogP contribution >= 0.6 is 11.6 Å². The zero-order chi connectivity index (χ0) is 17.6. The van der Waals surface area contributed by atoms with Crippen molar-refractivity contribution >= 4 is 22.4 Å². The lowest BCUT2D eigenvalue weighted by molar-refractivity contribution is 0.302. The van der Waals surface area contributed by atoms with E-state index in [4.69, 9.17) is 16.3 Å². The first kappa shape index (κ1) is 17.8. The summed E-state index contributed by atoms with van der Waals surface area (Å²) in [6.45, 7) is 5.73. The quantitative estimate of drug-likeness (QED) is 0.565. The molecule has 0 spiro atoms. The van der Waals surface area contributed by atoms with Crippen LogP contribution in [0.5, 0.6) is 5.75 Å². The van der Waals surface area contributed by atoms with Gasteiger partial charge in [0.2, 0.25) is 0 Å². The zero-order valence-electron chi connectivity index (χ0n) is 14.8. The van der Waals surface area contributed by atoms with E-state index in [2.05, 4.69) is 55.6 Å². The Balaban J connectivity index is 1.86. The van der Waals surface area contributed by atoms with E-state index in [1.807, 2.05) is 24.3 Å². The van der Waals surface area contributed by atoms with Gasteiger partial charge in [-0.2, -0.15) is 0 Å². The fourth-order valence-electron chi connectivity index (χ4n) is 2.80. The van der Waals surface area contributed by atoms with Gasteiger partial charge in [0.15, 0.2) is 0 Å². The summed E-state index contributed by atoms with van der Waals surface area (Å²) in [6.07, 6.45) is 1.10. The maximum absolute atomic E-state index is 6.15. The van der Waals surface area contributed by atoms with Gasteiger partial charge in [-0.25, -0.2) is 0 Å². The standard InChI is InChI=1S/C22H24ClNO/c1-3-16(2)24-14-21-20-7-5-4-6-18(20)10-13-22(21)25-15-17-8-11-19(23)12-9-17/h4-13,16,24H,3,14-15H2,1-2H3/t16-/m1/s1. The molecule has 0 aliphatic carbocycles. The smallest absolute Gasteiger partial charge is 0.124 e. The Labute approximate surface area is 154 Å². The van der Waals surface area contributed by atoms with E-state index in [-0.39, 0.29) is 0 Å². The molecule has 25 heavy (non-hydrogen) atoms. The lowest BCUT2D eigenvalue weighted by atomic mass is 10.0. The Hall–Kier alpha value is -2.03. The number of halogens is 1. The van der Waals surface area contributed by atoms with Crippen LogP contribution in [0, 0.1) is 0 Å². The van der Waals surface area contributed by atoms with Crippen LogP contribution in [0.3, 0.4) is 0 Å². The van der Waals surface area contributed by atoms with Crippen LogP contribution in [0.15, 0.2) is 60.7 Å². The van der Waals surface area contributed by atoms with E-state index >= 15 is 0 Å². The minimum Gasteiger partial charge on any atom is -0.489 e. The van der Waals surface area contributed by atoms with Crippen LogP contribution in [0.25, 0.3) is 10.8 Å². The van der Waals surface area contributed by atoms with Gasteiger partial charge in [-0.1, -0.05) is 61.0 Å². The highest BCUT2D eigenvalue weighted by atomic mass is 35.5. The third kappa shape index (κ3) is 4.53. The molecule has 0 bridgehead atoms. The van der Waals surface area contributed by atoms with Crippen molar-refractivity contribution in [2.75, 3.05) is 0 Å². The molecule has 0 amide bonds. The van der Waals surface area contributed by atoms with Crippen molar-refractivity contribution in [3.63, 3.8) is 0 Å². The minimum absolute atomic E-state index is 0.475. The highest BCUT2D eigenvalue weighted by Gasteiger charge is 2.10. The van der Waals surface area contributed by atoms with Gasteiger partial charge in [-0.05, 0) is 47.9 Å². The number of hydrogen-bond acceptors (Lipinski definition) is 2. The first-order chi connectivity index (χ1) is 12.2. The summed E-state index contributed by atoms with van der Waals surface area (Å²) in [6, 6.07) is 20.9. The van der Waals surface area contributed by atoms with Crippen LogP contribution in [-0.4, -0.2) is 6.04 Å². The first-order valence-electron chi connectivity index (χ1n) is 8.78. The molecule has 1 N–H and O–H groups in total. The molecule has 0 saturated carbocycles.